The van der Waals surface area contributed by atoms with Crippen LogP contribution in [-0.2, 0) is 11.8 Å². The van der Waals surface area contributed by atoms with Gasteiger partial charge < -0.3 is 19.3 Å². The number of aromatic nitrogens is 3. The lowest BCUT2D eigenvalue weighted by Gasteiger charge is -2.38. The molecular weight excluding hydrogens is 401 g/mol. The van der Waals surface area contributed by atoms with Crippen LogP contribution >= 0.6 is 0 Å². The molecule has 3 aromatic rings. The van der Waals surface area contributed by atoms with E-state index in [9.17, 15) is 9.18 Å². The first-order chi connectivity index (χ1) is 14.9. The van der Waals surface area contributed by atoms with Gasteiger partial charge in [0.2, 0.25) is 0 Å². The van der Waals surface area contributed by atoms with Gasteiger partial charge in [0.25, 0.3) is 0 Å². The number of piperazine rings is 1. The molecule has 0 radical (unpaired) electrons. The van der Waals surface area contributed by atoms with Crippen LogP contribution in [0.5, 0.6) is 5.75 Å². The van der Waals surface area contributed by atoms with Gasteiger partial charge in [0, 0.05) is 45.5 Å². The highest BCUT2D eigenvalue weighted by molar-refractivity contribution is 6.05. The molecule has 1 aromatic carbocycles. The number of pyridine rings is 1. The molecule has 4 rings (SSSR count). The third-order valence-corrected chi connectivity index (χ3v) is 5.57. The third kappa shape index (κ3) is 3.75. The number of carbonyl (C=O) groups excluding carboxylic acids is 1. The largest absolute Gasteiger partial charge is 0.494 e. The highest BCUT2D eigenvalue weighted by Gasteiger charge is 2.28. The third-order valence-electron chi connectivity index (χ3n) is 5.57. The molecule has 9 heteroatoms. The van der Waals surface area contributed by atoms with Crippen LogP contribution in [0.15, 0.2) is 24.4 Å². The van der Waals surface area contributed by atoms with Crippen LogP contribution in [0.4, 0.5) is 15.8 Å². The van der Waals surface area contributed by atoms with Crippen molar-refractivity contribution in [2.24, 2.45) is 7.05 Å². The first kappa shape index (κ1) is 20.9. The van der Waals surface area contributed by atoms with E-state index in [0.29, 0.717) is 44.1 Å². The summed E-state index contributed by atoms with van der Waals surface area (Å²) in [4.78, 5) is 21.5. The molecule has 0 unspecified atom stereocenters. The molecule has 0 aliphatic carbocycles. The Morgan fingerprint density at radius 1 is 1.19 bits per heavy atom. The predicted molar refractivity (Wildman–Crippen MR) is 117 cm³/mol. The summed E-state index contributed by atoms with van der Waals surface area (Å²) in [5.41, 5.74) is 3.64. The summed E-state index contributed by atoms with van der Waals surface area (Å²) in [6.07, 6.45) is 1.58. The van der Waals surface area contributed by atoms with Gasteiger partial charge in [0.05, 0.1) is 36.2 Å². The van der Waals surface area contributed by atoms with E-state index in [1.807, 2.05) is 14.0 Å². The van der Waals surface area contributed by atoms with E-state index in [1.165, 1.54) is 12.1 Å². The first-order valence-electron chi connectivity index (χ1n) is 10.3. The molecule has 0 saturated carbocycles. The Kier molecular flexibility index (Phi) is 5.67. The highest BCUT2D eigenvalue weighted by Crippen LogP contribution is 2.35. The number of aryl methyl sites for hydroxylation is 2. The standard InChI is InChI=1S/C22H26FN5O3/c1-5-31-22(29)16-13-24-21-19(14(2)25-26(21)3)20(16)28-10-8-27(9-11-28)17-7-6-15(23)12-18(17)30-4/h6-7,12-13H,5,8-11H2,1-4H3. The molecule has 3 heterocycles. The molecule has 0 amide bonds. The summed E-state index contributed by atoms with van der Waals surface area (Å²) in [6.45, 7) is 6.71. The maximum Gasteiger partial charge on any atom is 0.341 e. The molecule has 1 fully saturated rings. The van der Waals surface area contributed by atoms with Gasteiger partial charge in [-0.3, -0.25) is 4.68 Å². The van der Waals surface area contributed by atoms with Crippen LogP contribution < -0.4 is 14.5 Å². The fourth-order valence-corrected chi connectivity index (χ4v) is 4.16. The van der Waals surface area contributed by atoms with Crippen molar-refractivity contribution in [1.82, 2.24) is 14.8 Å². The molecule has 1 aliphatic rings. The molecule has 164 valence electrons. The molecule has 0 bridgehead atoms. The summed E-state index contributed by atoms with van der Waals surface area (Å²) < 4.78 is 26.0. The number of fused-ring (bicyclic) bond motifs is 1. The van der Waals surface area contributed by atoms with Crippen molar-refractivity contribution < 1.29 is 18.7 Å². The summed E-state index contributed by atoms with van der Waals surface area (Å²) in [5, 5.41) is 5.36. The SMILES string of the molecule is CCOC(=O)c1cnc2c(c(C)nn2C)c1N1CCN(c2ccc(F)cc2OC)CC1. The van der Waals surface area contributed by atoms with Crippen LogP contribution in [0.25, 0.3) is 11.0 Å². The first-order valence-corrected chi connectivity index (χ1v) is 10.3. The van der Waals surface area contributed by atoms with Crippen molar-refractivity contribution in [3.05, 3.63) is 41.5 Å². The second-order valence-corrected chi connectivity index (χ2v) is 7.44. The molecule has 1 aliphatic heterocycles. The van der Waals surface area contributed by atoms with E-state index >= 15 is 0 Å². The average Bonchev–Trinajstić information content (AvgIpc) is 3.07. The molecule has 0 spiro atoms. The van der Waals surface area contributed by atoms with Gasteiger partial charge in [-0.25, -0.2) is 14.2 Å². The van der Waals surface area contributed by atoms with Gasteiger partial charge in [0.1, 0.15) is 17.1 Å². The monoisotopic (exact) mass is 427 g/mol. The van der Waals surface area contributed by atoms with Crippen LogP contribution in [0, 0.1) is 12.7 Å². The maximum absolute atomic E-state index is 13.6. The number of benzene rings is 1. The molecule has 8 nitrogen and oxygen atoms in total. The van der Waals surface area contributed by atoms with Crippen molar-refractivity contribution in [2.75, 3.05) is 49.7 Å². The Balaban J connectivity index is 1.68. The van der Waals surface area contributed by atoms with E-state index in [1.54, 1.807) is 31.0 Å². The molecule has 0 N–H and O–H groups in total. The number of esters is 1. The summed E-state index contributed by atoms with van der Waals surface area (Å²) in [7, 11) is 3.38. The van der Waals surface area contributed by atoms with Crippen LogP contribution in [0.3, 0.4) is 0 Å². The van der Waals surface area contributed by atoms with Gasteiger partial charge in [-0.2, -0.15) is 5.10 Å². The predicted octanol–water partition coefficient (Wildman–Crippen LogP) is 2.93. The number of halogens is 1. The Bertz CT molecular complexity index is 1120. The molecule has 1 saturated heterocycles. The Hall–Kier alpha value is -3.36. The lowest BCUT2D eigenvalue weighted by Crippen LogP contribution is -2.47. The van der Waals surface area contributed by atoms with Gasteiger partial charge >= 0.3 is 5.97 Å². The minimum Gasteiger partial charge on any atom is -0.494 e. The Labute approximate surface area is 180 Å². The Morgan fingerprint density at radius 2 is 1.90 bits per heavy atom. The van der Waals surface area contributed by atoms with Gasteiger partial charge in [-0.05, 0) is 26.0 Å². The molecule has 31 heavy (non-hydrogen) atoms. The topological polar surface area (TPSA) is 72.7 Å². The van der Waals surface area contributed by atoms with E-state index < -0.39 is 5.97 Å². The van der Waals surface area contributed by atoms with E-state index in [0.717, 1.165) is 28.1 Å². The smallest absolute Gasteiger partial charge is 0.341 e. The van der Waals surface area contributed by atoms with Gasteiger partial charge in [-0.15, -0.1) is 0 Å². The summed E-state index contributed by atoms with van der Waals surface area (Å²) in [5.74, 6) is -0.211. The zero-order valence-corrected chi connectivity index (χ0v) is 18.2. The number of ether oxygens (including phenoxy) is 2. The lowest BCUT2D eigenvalue weighted by atomic mass is 10.1. The number of anilines is 2. The zero-order valence-electron chi connectivity index (χ0n) is 18.2. The number of hydrogen-bond donors (Lipinski definition) is 0. The van der Waals surface area contributed by atoms with Crippen molar-refractivity contribution in [3.63, 3.8) is 0 Å². The number of carbonyl (C=O) groups is 1. The number of nitrogens with zero attached hydrogens (tertiary/aromatic N) is 5. The number of methoxy groups -OCH3 is 1. The maximum atomic E-state index is 13.6. The van der Waals surface area contributed by atoms with E-state index in [-0.39, 0.29) is 5.82 Å². The molecular formula is C22H26FN5O3. The number of rotatable bonds is 5. The minimum absolute atomic E-state index is 0.292. The van der Waals surface area contributed by atoms with Gasteiger partial charge in [0.15, 0.2) is 5.65 Å². The van der Waals surface area contributed by atoms with Crippen molar-refractivity contribution in [2.45, 2.75) is 13.8 Å². The quantitative estimate of drug-likeness (QED) is 0.580. The van der Waals surface area contributed by atoms with Crippen LogP contribution in [-0.4, -0.2) is 60.6 Å². The van der Waals surface area contributed by atoms with E-state index in [4.69, 9.17) is 9.47 Å². The van der Waals surface area contributed by atoms with Crippen LogP contribution in [0.2, 0.25) is 0 Å². The normalized spacial score (nSPS) is 14.2. The van der Waals surface area contributed by atoms with Crippen molar-refractivity contribution >= 4 is 28.4 Å². The lowest BCUT2D eigenvalue weighted by molar-refractivity contribution is 0.0526. The fraction of sp³-hybridized carbons (Fsp3) is 0.409. The summed E-state index contributed by atoms with van der Waals surface area (Å²) >= 11 is 0. The molecule has 0 atom stereocenters. The average molecular weight is 427 g/mol. The Morgan fingerprint density at radius 3 is 2.58 bits per heavy atom. The summed E-state index contributed by atoms with van der Waals surface area (Å²) in [6, 6.07) is 4.57. The van der Waals surface area contributed by atoms with Crippen molar-refractivity contribution in [3.8, 4) is 5.75 Å². The van der Waals surface area contributed by atoms with Gasteiger partial charge in [-0.1, -0.05) is 0 Å². The fourth-order valence-electron chi connectivity index (χ4n) is 4.16. The van der Waals surface area contributed by atoms with Crippen LogP contribution in [0.1, 0.15) is 23.0 Å². The molecule has 2 aromatic heterocycles. The second kappa shape index (κ2) is 8.41. The highest BCUT2D eigenvalue weighted by atomic mass is 19.1. The van der Waals surface area contributed by atoms with Crippen molar-refractivity contribution in [1.29, 1.82) is 0 Å². The van der Waals surface area contributed by atoms with E-state index in [2.05, 4.69) is 19.9 Å². The second-order valence-electron chi connectivity index (χ2n) is 7.44. The number of hydrogen-bond acceptors (Lipinski definition) is 7. The minimum atomic E-state index is -0.391. The zero-order chi connectivity index (χ0) is 22.1.